The van der Waals surface area contributed by atoms with Gasteiger partial charge < -0.3 is 26.3 Å². The zero-order valence-electron chi connectivity index (χ0n) is 29.5. The van der Waals surface area contributed by atoms with Crippen LogP contribution in [0.1, 0.15) is 84.9 Å². The number of fused-ring (bicyclic) bond motifs is 1. The number of ketones is 3. The topological polar surface area (TPSA) is 197 Å². The standard InChI is InChI=1S/C37H52N6O6/c1-7-21(3)23(5)33(45)16-29(22(4)8-2)37(49)43-32(15-27-19-39-20-41-27)34(46)14-25(36(48)42-31(24(6)44)17-35(38)47)13-26-18-40-30-12-10-9-11-28(26)30/h9-12,18-23,25,29,31-32,40H,7-8,13-17H2,1-6H3,(H2,38,47)(H,39,41)(H,42,48)(H,43,49)/t21-,22-,23-,25+,29-,31-,32-/m0/s1. The fourth-order valence-corrected chi connectivity index (χ4v) is 6.05. The maximum Gasteiger partial charge on any atom is 0.224 e. The van der Waals surface area contributed by atoms with Crippen molar-refractivity contribution in [2.24, 2.45) is 35.3 Å². The Balaban J connectivity index is 1.93. The van der Waals surface area contributed by atoms with Crippen molar-refractivity contribution in [3.8, 4) is 0 Å². The molecular formula is C37H52N6O6. The summed E-state index contributed by atoms with van der Waals surface area (Å²) in [6, 6.07) is 5.38. The van der Waals surface area contributed by atoms with Gasteiger partial charge >= 0.3 is 0 Å². The molecule has 0 saturated carbocycles. The number of carbonyl (C=O) groups is 6. The monoisotopic (exact) mass is 676 g/mol. The zero-order valence-corrected chi connectivity index (χ0v) is 29.5. The van der Waals surface area contributed by atoms with Gasteiger partial charge in [0.1, 0.15) is 5.78 Å². The Hall–Kier alpha value is -4.61. The number of rotatable bonds is 21. The molecule has 0 aliphatic rings. The van der Waals surface area contributed by atoms with E-state index in [1.54, 1.807) is 12.4 Å². The molecule has 12 nitrogen and oxygen atoms in total. The van der Waals surface area contributed by atoms with Crippen molar-refractivity contribution in [1.29, 1.82) is 0 Å². The summed E-state index contributed by atoms with van der Waals surface area (Å²) in [6.45, 7) is 11.1. The minimum Gasteiger partial charge on any atom is -0.370 e. The summed E-state index contributed by atoms with van der Waals surface area (Å²) in [5.41, 5.74) is 7.59. The van der Waals surface area contributed by atoms with Gasteiger partial charge in [0, 0.05) is 66.0 Å². The molecular weight excluding hydrogens is 624 g/mol. The highest BCUT2D eigenvalue weighted by Gasteiger charge is 2.35. The number of H-pyrrole nitrogens is 2. The lowest BCUT2D eigenvalue weighted by Gasteiger charge is -2.27. The fourth-order valence-electron chi connectivity index (χ4n) is 6.05. The van der Waals surface area contributed by atoms with Crippen LogP contribution in [0.2, 0.25) is 0 Å². The first kappa shape index (κ1) is 38.8. The molecule has 2 heterocycles. The number of nitrogens with two attached hydrogens (primary N) is 1. The molecule has 3 rings (SSSR count). The van der Waals surface area contributed by atoms with Gasteiger partial charge in [-0.3, -0.25) is 28.8 Å². The van der Waals surface area contributed by atoms with Crippen molar-refractivity contribution in [3.63, 3.8) is 0 Å². The van der Waals surface area contributed by atoms with Crippen molar-refractivity contribution < 1.29 is 28.8 Å². The average molecular weight is 677 g/mol. The van der Waals surface area contributed by atoms with Crippen LogP contribution >= 0.6 is 0 Å². The smallest absolute Gasteiger partial charge is 0.224 e. The summed E-state index contributed by atoms with van der Waals surface area (Å²) >= 11 is 0. The van der Waals surface area contributed by atoms with Crippen molar-refractivity contribution >= 4 is 46.0 Å². The number of benzene rings is 1. The summed E-state index contributed by atoms with van der Waals surface area (Å²) in [5, 5.41) is 6.44. The number of carbonyl (C=O) groups excluding carboxylic acids is 6. The van der Waals surface area contributed by atoms with Gasteiger partial charge in [0.05, 0.1) is 24.8 Å². The SMILES string of the molecule is CC[C@H](C)[C@H](C)C(=O)C[C@H](C(=O)N[C@@H](Cc1cnc[nH]1)C(=O)C[C@@H](Cc1c[nH]c2ccccc12)C(=O)N[C@@H](CC(N)=O)C(C)=O)[C@@H](C)CC. The van der Waals surface area contributed by atoms with Gasteiger partial charge in [0.15, 0.2) is 11.6 Å². The van der Waals surface area contributed by atoms with Crippen LogP contribution < -0.4 is 16.4 Å². The van der Waals surface area contributed by atoms with Crippen LogP contribution in [0, 0.1) is 29.6 Å². The van der Waals surface area contributed by atoms with Crippen LogP contribution in [0.15, 0.2) is 43.0 Å². The van der Waals surface area contributed by atoms with Crippen molar-refractivity contribution in [1.82, 2.24) is 25.6 Å². The third-order valence-electron chi connectivity index (χ3n) is 9.95. The summed E-state index contributed by atoms with van der Waals surface area (Å²) < 4.78 is 0. The number of hydrogen-bond donors (Lipinski definition) is 5. The molecule has 2 aromatic heterocycles. The summed E-state index contributed by atoms with van der Waals surface area (Å²) in [5.74, 6) is -4.31. The first-order valence-corrected chi connectivity index (χ1v) is 17.2. The number of amides is 3. The van der Waals surface area contributed by atoms with Crippen LogP contribution in [0.5, 0.6) is 0 Å². The molecule has 6 N–H and O–H groups in total. The fraction of sp³-hybridized carbons (Fsp3) is 0.541. The number of nitrogens with zero attached hydrogens (tertiary/aromatic N) is 1. The number of nitrogens with one attached hydrogen (secondary N) is 4. The van der Waals surface area contributed by atoms with E-state index < -0.39 is 53.2 Å². The minimum absolute atomic E-state index is 0.0118. The lowest BCUT2D eigenvalue weighted by Crippen LogP contribution is -2.49. The molecule has 3 aromatic rings. The second kappa shape index (κ2) is 18.2. The van der Waals surface area contributed by atoms with Crippen molar-refractivity contribution in [3.05, 3.63) is 54.2 Å². The molecule has 0 radical (unpaired) electrons. The third-order valence-corrected chi connectivity index (χ3v) is 9.95. The molecule has 7 atom stereocenters. The molecule has 3 amide bonds. The van der Waals surface area contributed by atoms with Gasteiger partial charge in [-0.1, -0.05) is 65.7 Å². The normalized spacial score (nSPS) is 15.7. The predicted octanol–water partition coefficient (Wildman–Crippen LogP) is 3.99. The van der Waals surface area contributed by atoms with Crippen molar-refractivity contribution in [2.75, 3.05) is 0 Å². The van der Waals surface area contributed by atoms with E-state index in [0.717, 1.165) is 22.9 Å². The Morgan fingerprint density at radius 3 is 2.10 bits per heavy atom. The van der Waals surface area contributed by atoms with E-state index >= 15 is 0 Å². The molecule has 1 aromatic carbocycles. The van der Waals surface area contributed by atoms with E-state index in [-0.39, 0.29) is 55.6 Å². The van der Waals surface area contributed by atoms with Crippen LogP contribution in [0.3, 0.4) is 0 Å². The summed E-state index contributed by atoms with van der Waals surface area (Å²) in [7, 11) is 0. The van der Waals surface area contributed by atoms with Gasteiger partial charge in [-0.2, -0.15) is 0 Å². The molecule has 0 spiro atoms. The first-order chi connectivity index (χ1) is 23.2. The molecule has 0 unspecified atom stereocenters. The van der Waals surface area contributed by atoms with E-state index in [9.17, 15) is 28.8 Å². The van der Waals surface area contributed by atoms with Crippen LogP contribution in [-0.4, -0.2) is 62.1 Å². The van der Waals surface area contributed by atoms with Gasteiger partial charge in [-0.15, -0.1) is 0 Å². The first-order valence-electron chi connectivity index (χ1n) is 17.2. The van der Waals surface area contributed by atoms with Crippen molar-refractivity contribution in [2.45, 2.75) is 98.6 Å². The molecule has 266 valence electrons. The summed E-state index contributed by atoms with van der Waals surface area (Å²) in [6.07, 6.45) is 5.97. The van der Waals surface area contributed by atoms with E-state index in [0.29, 0.717) is 12.1 Å². The number of imidazole rings is 1. The Morgan fingerprint density at radius 2 is 1.49 bits per heavy atom. The Morgan fingerprint density at radius 1 is 0.816 bits per heavy atom. The van der Waals surface area contributed by atoms with Crippen LogP contribution in [-0.2, 0) is 41.6 Å². The average Bonchev–Trinajstić information content (AvgIpc) is 3.74. The minimum atomic E-state index is -1.14. The second-order valence-electron chi connectivity index (χ2n) is 13.5. The number of hydrogen-bond acceptors (Lipinski definition) is 7. The number of aromatic nitrogens is 3. The highest BCUT2D eigenvalue weighted by molar-refractivity contribution is 5.96. The molecule has 0 aliphatic heterocycles. The molecule has 0 fully saturated rings. The number of primary amides is 1. The van der Waals surface area contributed by atoms with E-state index in [2.05, 4.69) is 25.6 Å². The second-order valence-corrected chi connectivity index (χ2v) is 13.5. The van der Waals surface area contributed by atoms with Gasteiger partial charge in [0.25, 0.3) is 0 Å². The van der Waals surface area contributed by atoms with Gasteiger partial charge in [-0.25, -0.2) is 4.98 Å². The molecule has 12 heteroatoms. The van der Waals surface area contributed by atoms with E-state index in [4.69, 9.17) is 5.73 Å². The Bertz CT molecular complexity index is 1600. The number of para-hydroxylation sites is 1. The van der Waals surface area contributed by atoms with Crippen LogP contribution in [0.4, 0.5) is 0 Å². The van der Waals surface area contributed by atoms with E-state index in [1.807, 2.05) is 58.9 Å². The number of Topliss-reactive ketones (excluding diaryl/α,β-unsaturated/α-hetero) is 3. The van der Waals surface area contributed by atoms with Gasteiger partial charge in [0.2, 0.25) is 17.7 Å². The number of aromatic amines is 2. The highest BCUT2D eigenvalue weighted by atomic mass is 16.2. The maximum absolute atomic E-state index is 14.2. The maximum atomic E-state index is 14.2. The largest absolute Gasteiger partial charge is 0.370 e. The molecule has 0 bridgehead atoms. The Kier molecular flexibility index (Phi) is 14.5. The highest BCUT2D eigenvalue weighted by Crippen LogP contribution is 2.26. The van der Waals surface area contributed by atoms with Gasteiger partial charge in [-0.05, 0) is 36.8 Å². The third kappa shape index (κ3) is 11.0. The quantitative estimate of drug-likeness (QED) is 0.112. The lowest BCUT2D eigenvalue weighted by molar-refractivity contribution is -0.136. The van der Waals surface area contributed by atoms with E-state index in [1.165, 1.54) is 13.3 Å². The Labute approximate surface area is 288 Å². The molecule has 49 heavy (non-hydrogen) atoms. The molecule has 0 aliphatic carbocycles. The predicted molar refractivity (Wildman–Crippen MR) is 187 cm³/mol. The van der Waals surface area contributed by atoms with Crippen LogP contribution in [0.25, 0.3) is 10.9 Å². The summed E-state index contributed by atoms with van der Waals surface area (Å²) in [4.78, 5) is 89.3. The lowest BCUT2D eigenvalue weighted by atomic mass is 9.80. The molecule has 0 saturated heterocycles. The zero-order chi connectivity index (χ0) is 36.2.